The summed E-state index contributed by atoms with van der Waals surface area (Å²) in [5.74, 6) is -0.371. The van der Waals surface area contributed by atoms with Crippen molar-refractivity contribution in [3.63, 3.8) is 0 Å². The molecule has 0 radical (unpaired) electrons. The summed E-state index contributed by atoms with van der Waals surface area (Å²) in [6.07, 6.45) is 2.97. The van der Waals surface area contributed by atoms with Crippen LogP contribution in [0.5, 0.6) is 0 Å². The summed E-state index contributed by atoms with van der Waals surface area (Å²) in [7, 11) is 0. The SMILES string of the molecule is CC(=O)NC1CCN(c2ccc(N)cc2)C1.CC(=O)NC1CCN(c2ccc([N+](=O)[O-])cc2)C1.CC(=O)NC1CCNC1.Cl.Cl.O=[N+]([O-])c1ccc(F)cc1. The van der Waals surface area contributed by atoms with Crippen LogP contribution in [0, 0.1) is 26.0 Å². The zero-order valence-corrected chi connectivity index (χ0v) is 32.6. The summed E-state index contributed by atoms with van der Waals surface area (Å²) in [6, 6.07) is 19.5. The average Bonchev–Trinajstić information content (AvgIpc) is 3.89. The van der Waals surface area contributed by atoms with Gasteiger partial charge in [0.05, 0.1) is 9.85 Å². The fraction of sp³-hybridized carbons (Fsp3) is 0.417. The Labute approximate surface area is 331 Å². The molecule has 3 atom stereocenters. The number of nitro benzene ring substituents is 2. The first-order valence-corrected chi connectivity index (χ1v) is 17.2. The molecule has 3 aromatic carbocycles. The summed E-state index contributed by atoms with van der Waals surface area (Å²) < 4.78 is 12.1. The van der Waals surface area contributed by atoms with E-state index in [-0.39, 0.29) is 66.0 Å². The van der Waals surface area contributed by atoms with Crippen molar-refractivity contribution in [2.24, 2.45) is 0 Å². The second-order valence-corrected chi connectivity index (χ2v) is 12.8. The first-order chi connectivity index (χ1) is 25.2. The minimum atomic E-state index is -0.570. The molecule has 3 aliphatic heterocycles. The van der Waals surface area contributed by atoms with Crippen LogP contribution in [0.25, 0.3) is 0 Å². The molecule has 19 heteroatoms. The number of nitrogens with zero attached hydrogens (tertiary/aromatic N) is 4. The second-order valence-electron chi connectivity index (χ2n) is 12.8. The Hall–Kier alpha value is -5.26. The molecule has 3 heterocycles. The van der Waals surface area contributed by atoms with E-state index in [1.54, 1.807) is 26.0 Å². The fourth-order valence-corrected chi connectivity index (χ4v) is 5.90. The van der Waals surface area contributed by atoms with Crippen LogP contribution >= 0.6 is 24.8 Å². The molecule has 3 aliphatic rings. The zero-order valence-electron chi connectivity index (χ0n) is 30.9. The van der Waals surface area contributed by atoms with E-state index in [1.807, 2.05) is 24.3 Å². The van der Waals surface area contributed by atoms with E-state index < -0.39 is 15.7 Å². The number of non-ortho nitro benzene ring substituents is 2. The van der Waals surface area contributed by atoms with Gasteiger partial charge in [0.25, 0.3) is 11.4 Å². The molecule has 3 fully saturated rings. The van der Waals surface area contributed by atoms with Gasteiger partial charge in [0.1, 0.15) is 5.82 Å². The molecule has 0 aromatic heterocycles. The van der Waals surface area contributed by atoms with E-state index >= 15 is 0 Å². The number of benzene rings is 3. The number of nitrogen functional groups attached to an aromatic ring is 1. The number of nitrogens with one attached hydrogen (secondary N) is 4. The third-order valence-electron chi connectivity index (χ3n) is 8.38. The van der Waals surface area contributed by atoms with Gasteiger partial charge in [-0.15, -0.1) is 24.8 Å². The van der Waals surface area contributed by atoms with Crippen LogP contribution in [0.15, 0.2) is 72.8 Å². The molecule has 302 valence electrons. The predicted molar refractivity (Wildman–Crippen MR) is 215 cm³/mol. The number of amides is 3. The number of carbonyl (C=O) groups is 3. The van der Waals surface area contributed by atoms with E-state index in [2.05, 4.69) is 31.1 Å². The van der Waals surface area contributed by atoms with E-state index in [0.717, 1.165) is 94.2 Å². The lowest BCUT2D eigenvalue weighted by Crippen LogP contribution is -2.35. The Morgan fingerprint density at radius 2 is 1.05 bits per heavy atom. The number of nitrogens with two attached hydrogens (primary N) is 1. The standard InChI is InChI=1S/C12H15N3O3.C12H17N3O.C6H4FNO2.C6H12N2O.2ClH/c1-9(16)13-10-6-7-14(8-10)11-2-4-12(5-3-11)15(17)18;1-9(16)14-11-6-7-15(8-11)12-4-2-10(13)3-5-12;7-5-1-3-6(4-2-5)8(9)10;1-5(9)8-6-2-3-7-4-6;;/h2-5,10H,6-8H2,1H3,(H,13,16);2-5,11H,6-8,13H2,1H3,(H,14,16);1-4H;6-7H,2-4H2,1H3,(H,8,9);2*1H. The molecule has 0 saturated carbocycles. The molecule has 0 spiro atoms. The van der Waals surface area contributed by atoms with Gasteiger partial charge in [0, 0.05) is 113 Å². The number of anilines is 3. The molecule has 0 aliphatic carbocycles. The van der Waals surface area contributed by atoms with Gasteiger partial charge in [0.15, 0.2) is 0 Å². The third-order valence-corrected chi connectivity index (χ3v) is 8.38. The van der Waals surface area contributed by atoms with Gasteiger partial charge in [0.2, 0.25) is 17.7 Å². The number of carbonyl (C=O) groups excluding carboxylic acids is 3. The minimum absolute atomic E-state index is 0. The largest absolute Gasteiger partial charge is 0.399 e. The van der Waals surface area contributed by atoms with Crippen molar-refractivity contribution in [1.82, 2.24) is 21.3 Å². The van der Waals surface area contributed by atoms with Crippen molar-refractivity contribution >= 4 is 71.0 Å². The zero-order chi connectivity index (χ0) is 38.9. The summed E-state index contributed by atoms with van der Waals surface area (Å²) in [5, 5.41) is 32.4. The lowest BCUT2D eigenvalue weighted by Gasteiger charge is -2.18. The molecular weight excluding hydrogens is 760 g/mol. The topological polar surface area (TPSA) is 218 Å². The average molecular weight is 811 g/mol. The Bertz CT molecular complexity index is 1670. The number of hydrogen-bond donors (Lipinski definition) is 5. The molecule has 6 N–H and O–H groups in total. The van der Waals surface area contributed by atoms with E-state index in [4.69, 9.17) is 5.73 Å². The van der Waals surface area contributed by atoms with Gasteiger partial charge in [-0.25, -0.2) is 4.39 Å². The Kier molecular flexibility index (Phi) is 21.0. The van der Waals surface area contributed by atoms with Crippen molar-refractivity contribution in [1.29, 1.82) is 0 Å². The molecular formula is C36H50Cl2FN9O7. The first-order valence-electron chi connectivity index (χ1n) is 17.2. The fourth-order valence-electron chi connectivity index (χ4n) is 5.90. The normalized spacial score (nSPS) is 17.9. The van der Waals surface area contributed by atoms with Crippen molar-refractivity contribution in [2.75, 3.05) is 54.8 Å². The first kappa shape index (κ1) is 47.8. The molecule has 0 bridgehead atoms. The molecule has 3 aromatic rings. The molecule has 55 heavy (non-hydrogen) atoms. The highest BCUT2D eigenvalue weighted by atomic mass is 35.5. The van der Waals surface area contributed by atoms with Crippen molar-refractivity contribution in [3.8, 4) is 0 Å². The number of nitro groups is 2. The molecule has 3 amide bonds. The van der Waals surface area contributed by atoms with Crippen molar-refractivity contribution in [2.45, 2.75) is 58.2 Å². The molecule has 6 rings (SSSR count). The summed E-state index contributed by atoms with van der Waals surface area (Å²) >= 11 is 0. The number of hydrogen-bond acceptors (Lipinski definition) is 11. The van der Waals surface area contributed by atoms with Gasteiger partial charge in [-0.2, -0.15) is 0 Å². The Balaban J connectivity index is 0.000000376. The summed E-state index contributed by atoms with van der Waals surface area (Å²) in [4.78, 5) is 56.3. The van der Waals surface area contributed by atoms with Crippen LogP contribution in [0.4, 0.5) is 32.8 Å². The van der Waals surface area contributed by atoms with Crippen LogP contribution in [0.1, 0.15) is 40.0 Å². The van der Waals surface area contributed by atoms with Crippen LogP contribution in [-0.2, 0) is 14.4 Å². The van der Waals surface area contributed by atoms with E-state index in [9.17, 15) is 39.0 Å². The maximum absolute atomic E-state index is 12.1. The van der Waals surface area contributed by atoms with Crippen LogP contribution in [-0.4, -0.2) is 85.0 Å². The number of rotatable bonds is 7. The molecule has 3 unspecified atom stereocenters. The highest BCUT2D eigenvalue weighted by Crippen LogP contribution is 2.23. The maximum atomic E-state index is 12.1. The lowest BCUT2D eigenvalue weighted by atomic mass is 10.2. The number of halogens is 3. The highest BCUT2D eigenvalue weighted by Gasteiger charge is 2.24. The van der Waals surface area contributed by atoms with Crippen LogP contribution in [0.3, 0.4) is 0 Å². The smallest absolute Gasteiger partial charge is 0.269 e. The monoisotopic (exact) mass is 809 g/mol. The highest BCUT2D eigenvalue weighted by molar-refractivity contribution is 5.85. The Morgan fingerprint density at radius 3 is 1.42 bits per heavy atom. The van der Waals surface area contributed by atoms with Crippen molar-refractivity contribution < 1.29 is 28.6 Å². The Morgan fingerprint density at radius 1 is 0.673 bits per heavy atom. The van der Waals surface area contributed by atoms with Gasteiger partial charge >= 0.3 is 0 Å². The summed E-state index contributed by atoms with van der Waals surface area (Å²) in [5.41, 5.74) is 8.54. The van der Waals surface area contributed by atoms with Gasteiger partial charge in [-0.05, 0) is 74.3 Å². The third kappa shape index (κ3) is 17.6. The molecule has 16 nitrogen and oxygen atoms in total. The van der Waals surface area contributed by atoms with E-state index in [1.165, 1.54) is 24.7 Å². The van der Waals surface area contributed by atoms with Gasteiger partial charge in [-0.1, -0.05) is 0 Å². The van der Waals surface area contributed by atoms with Crippen LogP contribution < -0.4 is 36.8 Å². The molecule has 3 saturated heterocycles. The lowest BCUT2D eigenvalue weighted by molar-refractivity contribution is -0.385. The van der Waals surface area contributed by atoms with E-state index in [0.29, 0.717) is 6.04 Å². The van der Waals surface area contributed by atoms with Crippen molar-refractivity contribution in [3.05, 3.63) is 98.8 Å². The predicted octanol–water partition coefficient (Wildman–Crippen LogP) is 4.36. The second kappa shape index (κ2) is 24.2. The van der Waals surface area contributed by atoms with Gasteiger partial charge in [-0.3, -0.25) is 34.6 Å². The maximum Gasteiger partial charge on any atom is 0.269 e. The van der Waals surface area contributed by atoms with Crippen LogP contribution in [0.2, 0.25) is 0 Å². The minimum Gasteiger partial charge on any atom is -0.399 e. The summed E-state index contributed by atoms with van der Waals surface area (Å²) in [6.45, 7) is 10.0. The quantitative estimate of drug-likeness (QED) is 0.128. The van der Waals surface area contributed by atoms with Gasteiger partial charge < -0.3 is 36.8 Å².